The Morgan fingerprint density at radius 3 is 2.53 bits per heavy atom. The van der Waals surface area contributed by atoms with E-state index in [2.05, 4.69) is 20.7 Å². The van der Waals surface area contributed by atoms with Gasteiger partial charge in [0.15, 0.2) is 0 Å². The number of halogens is 1. The van der Waals surface area contributed by atoms with Gasteiger partial charge in [0.2, 0.25) is 10.0 Å². The highest BCUT2D eigenvalue weighted by atomic mass is 79.9. The fourth-order valence-electron chi connectivity index (χ4n) is 1.88. The minimum Gasteiger partial charge on any atom is -0.477 e. The second kappa shape index (κ2) is 5.13. The Balaban J connectivity index is 2.32. The predicted molar refractivity (Wildman–Crippen MR) is 73.0 cm³/mol. The quantitative estimate of drug-likeness (QED) is 0.727. The second-order valence-corrected chi connectivity index (χ2v) is 8.47. The van der Waals surface area contributed by atoms with E-state index in [9.17, 15) is 18.3 Å². The molecule has 1 saturated carbocycles. The van der Waals surface area contributed by atoms with Crippen molar-refractivity contribution in [1.82, 2.24) is 4.72 Å². The zero-order valence-corrected chi connectivity index (χ0v) is 12.9. The van der Waals surface area contributed by atoms with Gasteiger partial charge >= 0.3 is 5.97 Å². The predicted octanol–water partition coefficient (Wildman–Crippen LogP) is 1.40. The SMILES string of the molecule is O=C(O)c1cc(S(=O)(=O)NC2(CO)CCC2)c(Br)s1. The van der Waals surface area contributed by atoms with E-state index in [0.717, 1.165) is 23.8 Å². The van der Waals surface area contributed by atoms with E-state index in [1.54, 1.807) is 0 Å². The van der Waals surface area contributed by atoms with Crippen molar-refractivity contribution >= 4 is 43.3 Å². The van der Waals surface area contributed by atoms with Crippen molar-refractivity contribution in [3.8, 4) is 0 Å². The number of aromatic carboxylic acids is 1. The number of carbonyl (C=O) groups is 1. The monoisotopic (exact) mass is 369 g/mol. The molecule has 0 aliphatic heterocycles. The third-order valence-corrected chi connectivity index (χ3v) is 6.94. The van der Waals surface area contributed by atoms with E-state index in [1.165, 1.54) is 0 Å². The number of aliphatic hydroxyl groups excluding tert-OH is 1. The Kier molecular flexibility index (Phi) is 4.03. The van der Waals surface area contributed by atoms with Crippen molar-refractivity contribution in [2.45, 2.75) is 29.7 Å². The van der Waals surface area contributed by atoms with Crippen LogP contribution in [0.2, 0.25) is 0 Å². The van der Waals surface area contributed by atoms with E-state index in [4.69, 9.17) is 5.11 Å². The summed E-state index contributed by atoms with van der Waals surface area (Å²) in [6, 6.07) is 1.11. The first-order valence-corrected chi connectivity index (χ1v) is 8.56. The largest absolute Gasteiger partial charge is 0.477 e. The minimum absolute atomic E-state index is 0.0566. The number of aliphatic hydroxyl groups is 1. The number of thiophene rings is 1. The number of rotatable bonds is 5. The van der Waals surface area contributed by atoms with Gasteiger partial charge in [0.25, 0.3) is 0 Å². The van der Waals surface area contributed by atoms with Gasteiger partial charge in [0.05, 0.1) is 15.9 Å². The lowest BCUT2D eigenvalue weighted by atomic mass is 9.78. The first kappa shape index (κ1) is 14.9. The maximum Gasteiger partial charge on any atom is 0.345 e. The molecule has 9 heteroatoms. The fraction of sp³-hybridized carbons (Fsp3) is 0.500. The van der Waals surface area contributed by atoms with Gasteiger partial charge in [-0.3, -0.25) is 0 Å². The van der Waals surface area contributed by atoms with E-state index in [1.807, 2.05) is 0 Å². The molecule has 1 aromatic rings. The number of hydrogen-bond acceptors (Lipinski definition) is 5. The Morgan fingerprint density at radius 1 is 1.53 bits per heavy atom. The Morgan fingerprint density at radius 2 is 2.16 bits per heavy atom. The van der Waals surface area contributed by atoms with Crippen LogP contribution in [0.1, 0.15) is 28.9 Å². The van der Waals surface area contributed by atoms with Crippen molar-refractivity contribution < 1.29 is 23.4 Å². The highest BCUT2D eigenvalue weighted by molar-refractivity contribution is 9.11. The molecule has 1 aromatic heterocycles. The van der Waals surface area contributed by atoms with Gasteiger partial charge in [-0.2, -0.15) is 0 Å². The zero-order chi connectivity index (χ0) is 14.3. The molecule has 0 unspecified atom stereocenters. The van der Waals surface area contributed by atoms with Crippen LogP contribution in [-0.2, 0) is 10.0 Å². The third kappa shape index (κ3) is 2.84. The molecule has 0 amide bonds. The molecule has 19 heavy (non-hydrogen) atoms. The molecule has 1 aliphatic carbocycles. The standard InChI is InChI=1S/C10H12BrNO5S2/c11-8-7(4-6(18-8)9(14)15)19(16,17)12-10(5-13)2-1-3-10/h4,12-13H,1-3,5H2,(H,14,15). The second-order valence-electron chi connectivity index (χ2n) is 4.45. The van der Waals surface area contributed by atoms with E-state index >= 15 is 0 Å². The van der Waals surface area contributed by atoms with Crippen molar-refractivity contribution in [2.75, 3.05) is 6.61 Å². The molecule has 1 aliphatic rings. The van der Waals surface area contributed by atoms with Gasteiger partial charge in [-0.15, -0.1) is 11.3 Å². The number of sulfonamides is 1. The van der Waals surface area contributed by atoms with Crippen molar-refractivity contribution in [3.05, 3.63) is 14.7 Å². The molecule has 0 bridgehead atoms. The highest BCUT2D eigenvalue weighted by Gasteiger charge is 2.41. The van der Waals surface area contributed by atoms with Crippen LogP contribution >= 0.6 is 27.3 Å². The van der Waals surface area contributed by atoms with Gasteiger partial charge in [0, 0.05) is 0 Å². The van der Waals surface area contributed by atoms with Crippen molar-refractivity contribution in [3.63, 3.8) is 0 Å². The summed E-state index contributed by atoms with van der Waals surface area (Å²) >= 11 is 3.91. The van der Waals surface area contributed by atoms with E-state index < -0.39 is 21.5 Å². The highest BCUT2D eigenvalue weighted by Crippen LogP contribution is 2.36. The molecule has 0 atom stereocenters. The van der Waals surface area contributed by atoms with Crippen LogP contribution in [0.3, 0.4) is 0 Å². The molecule has 0 radical (unpaired) electrons. The van der Waals surface area contributed by atoms with Gasteiger partial charge in [-0.1, -0.05) is 0 Å². The molecule has 0 aromatic carbocycles. The number of nitrogens with one attached hydrogen (secondary N) is 1. The summed E-state index contributed by atoms with van der Waals surface area (Å²) in [5.74, 6) is -1.17. The fourth-order valence-corrected chi connectivity index (χ4v) is 5.73. The summed E-state index contributed by atoms with van der Waals surface area (Å²) < 4.78 is 27.1. The van der Waals surface area contributed by atoms with Crippen molar-refractivity contribution in [1.29, 1.82) is 0 Å². The van der Waals surface area contributed by atoms with Gasteiger partial charge in [-0.25, -0.2) is 17.9 Å². The van der Waals surface area contributed by atoms with Crippen LogP contribution in [0.5, 0.6) is 0 Å². The smallest absolute Gasteiger partial charge is 0.345 e. The van der Waals surface area contributed by atoms with Crippen LogP contribution in [0.25, 0.3) is 0 Å². The Bertz CT molecular complexity index is 600. The van der Waals surface area contributed by atoms with Crippen LogP contribution in [0, 0.1) is 0 Å². The molecule has 0 saturated heterocycles. The van der Waals surface area contributed by atoms with Gasteiger partial charge < -0.3 is 10.2 Å². The maximum absolute atomic E-state index is 12.2. The Labute approximate surface area is 122 Å². The zero-order valence-electron chi connectivity index (χ0n) is 9.72. The average molecular weight is 370 g/mol. The van der Waals surface area contributed by atoms with Crippen LogP contribution in [-0.4, -0.2) is 36.7 Å². The first-order chi connectivity index (χ1) is 8.80. The third-order valence-electron chi connectivity index (χ3n) is 3.12. The normalized spacial score (nSPS) is 18.0. The lowest BCUT2D eigenvalue weighted by Gasteiger charge is -2.40. The topological polar surface area (TPSA) is 104 Å². The summed E-state index contributed by atoms with van der Waals surface area (Å²) in [6.07, 6.45) is 2.01. The van der Waals surface area contributed by atoms with Gasteiger partial charge in [0.1, 0.15) is 9.77 Å². The summed E-state index contributed by atoms with van der Waals surface area (Å²) in [7, 11) is -3.84. The first-order valence-electron chi connectivity index (χ1n) is 5.47. The molecular weight excluding hydrogens is 358 g/mol. The molecule has 0 spiro atoms. The molecule has 106 valence electrons. The average Bonchev–Trinajstić information content (AvgIpc) is 2.67. The lowest BCUT2D eigenvalue weighted by molar-refractivity contribution is 0.0702. The number of carboxylic acids is 1. The minimum atomic E-state index is -3.84. The molecule has 1 heterocycles. The number of hydrogen-bond donors (Lipinski definition) is 3. The summed E-state index contributed by atoms with van der Waals surface area (Å²) in [5.41, 5.74) is -0.802. The van der Waals surface area contributed by atoms with E-state index in [-0.39, 0.29) is 20.2 Å². The van der Waals surface area contributed by atoms with Crippen LogP contribution in [0.4, 0.5) is 0 Å². The van der Waals surface area contributed by atoms with Crippen LogP contribution in [0.15, 0.2) is 14.7 Å². The number of carboxylic acid groups (broad SMARTS) is 1. The molecule has 2 rings (SSSR count). The van der Waals surface area contributed by atoms with E-state index in [0.29, 0.717) is 12.8 Å². The lowest BCUT2D eigenvalue weighted by Crippen LogP contribution is -2.55. The molecule has 3 N–H and O–H groups in total. The Hall–Kier alpha value is -0.480. The molecular formula is C10H12BrNO5S2. The summed E-state index contributed by atoms with van der Waals surface area (Å²) in [5, 5.41) is 18.1. The molecule has 6 nitrogen and oxygen atoms in total. The van der Waals surface area contributed by atoms with Gasteiger partial charge in [-0.05, 0) is 41.3 Å². The summed E-state index contributed by atoms with van der Waals surface area (Å²) in [6.45, 7) is -0.264. The summed E-state index contributed by atoms with van der Waals surface area (Å²) in [4.78, 5) is 10.7. The van der Waals surface area contributed by atoms with Crippen molar-refractivity contribution in [2.24, 2.45) is 0 Å². The van der Waals surface area contributed by atoms with Crippen LogP contribution < -0.4 is 4.72 Å². The molecule has 1 fully saturated rings. The maximum atomic E-state index is 12.2.